The van der Waals surface area contributed by atoms with Crippen molar-refractivity contribution >= 4 is 29.0 Å². The van der Waals surface area contributed by atoms with E-state index in [1.54, 1.807) is 18.2 Å². The van der Waals surface area contributed by atoms with Crippen molar-refractivity contribution in [2.45, 2.75) is 10.7 Å². The number of thioether (sulfide) groups is 1. The highest BCUT2D eigenvalue weighted by atomic mass is 32.2. The molecule has 0 saturated heterocycles. The number of pyridine rings is 1. The third-order valence-electron chi connectivity index (χ3n) is 2.57. The van der Waals surface area contributed by atoms with Crippen LogP contribution in [0.3, 0.4) is 0 Å². The number of halogens is 2. The molecule has 0 saturated carbocycles. The smallest absolute Gasteiger partial charge is 0.288 e. The summed E-state index contributed by atoms with van der Waals surface area (Å²) in [5.41, 5.74) is 3.30. The number of para-hydroxylation sites is 1. The maximum Gasteiger partial charge on any atom is 0.288 e. The Morgan fingerprint density at radius 1 is 1.24 bits per heavy atom. The van der Waals surface area contributed by atoms with E-state index in [0.717, 1.165) is 0 Å². The number of alkyl halides is 2. The normalized spacial score (nSPS) is 10.5. The van der Waals surface area contributed by atoms with Gasteiger partial charge < -0.3 is 10.7 Å². The van der Waals surface area contributed by atoms with Crippen LogP contribution < -0.4 is 16.6 Å². The molecule has 0 aliphatic carbocycles. The number of aromatic nitrogens is 1. The van der Waals surface area contributed by atoms with E-state index in [9.17, 15) is 13.6 Å². The summed E-state index contributed by atoms with van der Waals surface area (Å²) in [6.45, 7) is 0. The number of hydrazine groups is 1. The van der Waals surface area contributed by atoms with Crippen LogP contribution in [0.1, 0.15) is 10.4 Å². The number of nitrogen functional groups attached to an aromatic ring is 1. The summed E-state index contributed by atoms with van der Waals surface area (Å²) >= 11 is 0.368. The summed E-state index contributed by atoms with van der Waals surface area (Å²) in [5.74, 6) is 2.26. The van der Waals surface area contributed by atoms with Gasteiger partial charge in [0.2, 0.25) is 0 Å². The van der Waals surface area contributed by atoms with Crippen LogP contribution in [0.2, 0.25) is 0 Å². The molecular weight excluding hydrogens is 298 g/mol. The minimum absolute atomic E-state index is 0.219. The maximum atomic E-state index is 12.5. The number of nitrogens with two attached hydrogens (primary N) is 1. The fraction of sp³-hybridized carbons (Fsp3) is 0.0769. The summed E-state index contributed by atoms with van der Waals surface area (Å²) < 4.78 is 25.0. The second kappa shape index (κ2) is 7.00. The standard InChI is InChI=1S/C13H12F2N4OS/c14-13(15)21-11-4-2-1-3-10(11)18-12(20)8-7-17-6-5-9(8)19-16/h1-7,13H,16H2,(H,17,19)(H,18,20). The van der Waals surface area contributed by atoms with E-state index < -0.39 is 11.7 Å². The summed E-state index contributed by atoms with van der Waals surface area (Å²) in [7, 11) is 0. The van der Waals surface area contributed by atoms with E-state index in [2.05, 4.69) is 15.7 Å². The van der Waals surface area contributed by atoms with Crippen molar-refractivity contribution in [2.24, 2.45) is 5.84 Å². The van der Waals surface area contributed by atoms with Gasteiger partial charge in [-0.2, -0.15) is 8.78 Å². The van der Waals surface area contributed by atoms with Gasteiger partial charge in [0.1, 0.15) is 0 Å². The Morgan fingerprint density at radius 2 is 2.00 bits per heavy atom. The van der Waals surface area contributed by atoms with E-state index >= 15 is 0 Å². The highest BCUT2D eigenvalue weighted by Crippen LogP contribution is 2.32. The molecule has 0 aliphatic rings. The van der Waals surface area contributed by atoms with E-state index in [0.29, 0.717) is 23.1 Å². The molecule has 1 aromatic heterocycles. The molecule has 0 bridgehead atoms. The van der Waals surface area contributed by atoms with Gasteiger partial charge in [0.05, 0.1) is 16.9 Å². The number of anilines is 2. The van der Waals surface area contributed by atoms with Gasteiger partial charge in [-0.15, -0.1) is 0 Å². The molecule has 1 heterocycles. The first-order valence-corrected chi connectivity index (χ1v) is 6.75. The zero-order chi connectivity index (χ0) is 15.2. The molecule has 1 amide bonds. The van der Waals surface area contributed by atoms with Crippen LogP contribution in [0.4, 0.5) is 20.2 Å². The van der Waals surface area contributed by atoms with E-state index in [1.165, 1.54) is 24.5 Å². The average Bonchev–Trinajstić information content (AvgIpc) is 2.48. The third-order valence-corrected chi connectivity index (χ3v) is 3.36. The first-order valence-electron chi connectivity index (χ1n) is 5.87. The lowest BCUT2D eigenvalue weighted by atomic mass is 10.2. The second-order valence-corrected chi connectivity index (χ2v) is 4.93. The SMILES string of the molecule is NNc1ccncc1C(=O)Nc1ccccc1SC(F)F. The van der Waals surface area contributed by atoms with Crippen LogP contribution >= 0.6 is 11.8 Å². The van der Waals surface area contributed by atoms with Gasteiger partial charge in [0.15, 0.2) is 0 Å². The number of carbonyl (C=O) groups excluding carboxylic acids is 1. The Labute approximate surface area is 123 Å². The molecule has 1 aromatic carbocycles. The summed E-state index contributed by atoms with van der Waals surface area (Å²) in [5, 5.41) is 2.58. The Kier molecular flexibility index (Phi) is 5.07. The summed E-state index contributed by atoms with van der Waals surface area (Å²) in [6.07, 6.45) is 2.82. The largest absolute Gasteiger partial charge is 0.323 e. The monoisotopic (exact) mass is 310 g/mol. The van der Waals surface area contributed by atoms with Gasteiger partial charge in [-0.3, -0.25) is 15.6 Å². The van der Waals surface area contributed by atoms with Crippen molar-refractivity contribution in [1.82, 2.24) is 4.98 Å². The molecule has 110 valence electrons. The summed E-state index contributed by atoms with van der Waals surface area (Å²) in [4.78, 5) is 16.3. The molecule has 5 nitrogen and oxygen atoms in total. The predicted molar refractivity (Wildman–Crippen MR) is 78.3 cm³/mol. The molecule has 0 aliphatic heterocycles. The number of benzene rings is 1. The number of nitrogens with zero attached hydrogens (tertiary/aromatic N) is 1. The van der Waals surface area contributed by atoms with Crippen molar-refractivity contribution < 1.29 is 13.6 Å². The minimum Gasteiger partial charge on any atom is -0.323 e. The van der Waals surface area contributed by atoms with Gasteiger partial charge in [0, 0.05) is 17.3 Å². The van der Waals surface area contributed by atoms with Crippen LogP contribution in [0.5, 0.6) is 0 Å². The molecule has 0 unspecified atom stereocenters. The molecule has 2 rings (SSSR count). The van der Waals surface area contributed by atoms with Crippen molar-refractivity contribution in [2.75, 3.05) is 10.7 Å². The topological polar surface area (TPSA) is 80.0 Å². The highest BCUT2D eigenvalue weighted by Gasteiger charge is 2.15. The van der Waals surface area contributed by atoms with Crippen LogP contribution in [-0.2, 0) is 0 Å². The Morgan fingerprint density at radius 3 is 2.71 bits per heavy atom. The molecule has 0 spiro atoms. The lowest BCUT2D eigenvalue weighted by Gasteiger charge is -2.12. The zero-order valence-electron chi connectivity index (χ0n) is 10.7. The molecule has 0 radical (unpaired) electrons. The lowest BCUT2D eigenvalue weighted by Crippen LogP contribution is -2.17. The predicted octanol–water partition coefficient (Wildman–Crippen LogP) is 2.93. The van der Waals surface area contributed by atoms with E-state index in [-0.39, 0.29) is 10.5 Å². The number of nitrogens with one attached hydrogen (secondary N) is 2. The molecule has 4 N–H and O–H groups in total. The minimum atomic E-state index is -2.57. The van der Waals surface area contributed by atoms with Gasteiger partial charge in [-0.1, -0.05) is 23.9 Å². The Bertz CT molecular complexity index is 639. The van der Waals surface area contributed by atoms with Crippen molar-refractivity contribution in [3.8, 4) is 0 Å². The van der Waals surface area contributed by atoms with Gasteiger partial charge in [0.25, 0.3) is 11.7 Å². The number of hydrogen-bond acceptors (Lipinski definition) is 5. The fourth-order valence-corrected chi connectivity index (χ4v) is 2.25. The quantitative estimate of drug-likeness (QED) is 0.449. The van der Waals surface area contributed by atoms with E-state index in [1.807, 2.05) is 0 Å². The number of carbonyl (C=O) groups is 1. The van der Waals surface area contributed by atoms with Gasteiger partial charge in [-0.25, -0.2) is 0 Å². The fourth-order valence-electron chi connectivity index (χ4n) is 1.66. The molecule has 8 heteroatoms. The van der Waals surface area contributed by atoms with Crippen LogP contribution in [-0.4, -0.2) is 16.6 Å². The molecular formula is C13H12F2N4OS. The average molecular weight is 310 g/mol. The lowest BCUT2D eigenvalue weighted by molar-refractivity contribution is 0.102. The van der Waals surface area contributed by atoms with Gasteiger partial charge >= 0.3 is 0 Å². The molecule has 0 fully saturated rings. The van der Waals surface area contributed by atoms with E-state index in [4.69, 9.17) is 5.84 Å². The maximum absolute atomic E-state index is 12.5. The second-order valence-electron chi connectivity index (χ2n) is 3.89. The Hall–Kier alpha value is -2.19. The van der Waals surface area contributed by atoms with Crippen molar-refractivity contribution in [1.29, 1.82) is 0 Å². The van der Waals surface area contributed by atoms with Crippen LogP contribution in [0.15, 0.2) is 47.6 Å². The van der Waals surface area contributed by atoms with Crippen LogP contribution in [0, 0.1) is 0 Å². The van der Waals surface area contributed by atoms with Crippen LogP contribution in [0.25, 0.3) is 0 Å². The Balaban J connectivity index is 2.24. The zero-order valence-corrected chi connectivity index (χ0v) is 11.5. The van der Waals surface area contributed by atoms with Crippen molar-refractivity contribution in [3.63, 3.8) is 0 Å². The first kappa shape index (κ1) is 15.2. The molecule has 21 heavy (non-hydrogen) atoms. The first-order chi connectivity index (χ1) is 10.1. The number of amides is 1. The third kappa shape index (κ3) is 3.89. The van der Waals surface area contributed by atoms with Gasteiger partial charge in [-0.05, 0) is 18.2 Å². The van der Waals surface area contributed by atoms with Crippen molar-refractivity contribution in [3.05, 3.63) is 48.3 Å². The number of rotatable bonds is 5. The molecule has 0 atom stereocenters. The highest BCUT2D eigenvalue weighted by molar-refractivity contribution is 7.99. The summed E-state index contributed by atoms with van der Waals surface area (Å²) in [6, 6.07) is 7.87. The number of hydrogen-bond donors (Lipinski definition) is 3. The molecule has 2 aromatic rings.